The Bertz CT molecular complexity index is 1570. The average Bonchev–Trinajstić information content (AvgIpc) is 3.65. The smallest absolute Gasteiger partial charge is 0.318 e. The van der Waals surface area contributed by atoms with E-state index in [0.29, 0.717) is 30.7 Å². The maximum absolute atomic E-state index is 12.6. The van der Waals surface area contributed by atoms with Crippen LogP contribution in [-0.4, -0.2) is 82.5 Å². The van der Waals surface area contributed by atoms with E-state index in [4.69, 9.17) is 9.72 Å². The lowest BCUT2D eigenvalue weighted by atomic mass is 9.95. The molecular weight excluding hydrogens is 519 g/mol. The summed E-state index contributed by atoms with van der Waals surface area (Å²) in [5.74, 6) is 1.06. The molecule has 4 aliphatic heterocycles. The van der Waals surface area contributed by atoms with E-state index in [2.05, 4.69) is 38.1 Å². The molecule has 2 aromatic heterocycles. The number of phenolic OH excluding ortho intramolecular Hbond substituents is 1. The van der Waals surface area contributed by atoms with Crippen LogP contribution < -0.4 is 15.0 Å². The number of phenols is 1. The van der Waals surface area contributed by atoms with Gasteiger partial charge in [-0.1, -0.05) is 18.2 Å². The number of nitrogens with zero attached hydrogens (tertiary/aromatic N) is 5. The third-order valence-electron chi connectivity index (χ3n) is 9.14. The lowest BCUT2D eigenvalue weighted by Gasteiger charge is -2.34. The van der Waals surface area contributed by atoms with Crippen molar-refractivity contribution in [3.63, 3.8) is 0 Å². The number of fused-ring (bicyclic) bond motifs is 5. The van der Waals surface area contributed by atoms with Crippen LogP contribution in [0.25, 0.3) is 32.9 Å². The number of hydrogen-bond acceptors (Lipinski definition) is 8. The van der Waals surface area contributed by atoms with E-state index in [0.717, 1.165) is 70.4 Å². The second-order valence-electron chi connectivity index (χ2n) is 12.0. The molecule has 2 bridgehead atoms. The zero-order valence-electron chi connectivity index (χ0n) is 23.7. The van der Waals surface area contributed by atoms with Crippen molar-refractivity contribution < 1.29 is 14.2 Å². The number of hydrogen-bond donors (Lipinski definition) is 2. The fourth-order valence-corrected chi connectivity index (χ4v) is 7.27. The monoisotopic (exact) mass is 556 g/mol. The van der Waals surface area contributed by atoms with Gasteiger partial charge < -0.3 is 20.1 Å². The highest BCUT2D eigenvalue weighted by Gasteiger charge is 2.35. The van der Waals surface area contributed by atoms with Gasteiger partial charge in [0, 0.05) is 49.5 Å². The second kappa shape index (κ2) is 10.7. The molecule has 4 atom stereocenters. The van der Waals surface area contributed by atoms with E-state index < -0.39 is 6.17 Å². The van der Waals surface area contributed by atoms with Gasteiger partial charge >= 0.3 is 6.01 Å². The first kappa shape index (κ1) is 26.3. The van der Waals surface area contributed by atoms with Crippen LogP contribution in [0, 0.1) is 6.92 Å². The number of alkyl halides is 1. The summed E-state index contributed by atoms with van der Waals surface area (Å²) in [6, 6.07) is 13.7. The van der Waals surface area contributed by atoms with Crippen LogP contribution in [0.2, 0.25) is 0 Å². The number of nitrogens with one attached hydrogen (secondary N) is 1. The first-order valence-corrected chi connectivity index (χ1v) is 14.8. The molecule has 6 heterocycles. The van der Waals surface area contributed by atoms with Crippen LogP contribution in [0.5, 0.6) is 11.8 Å². The molecule has 0 radical (unpaired) electrons. The number of rotatable bonds is 3. The van der Waals surface area contributed by atoms with E-state index >= 15 is 0 Å². The van der Waals surface area contributed by atoms with Crippen molar-refractivity contribution in [3.8, 4) is 22.9 Å². The topological polar surface area (TPSA) is 86.6 Å². The number of anilines is 1. The minimum atomic E-state index is -0.518. The number of halogens is 1. The molecule has 2 aromatic carbocycles. The van der Waals surface area contributed by atoms with Gasteiger partial charge in [0.25, 0.3) is 0 Å². The predicted molar refractivity (Wildman–Crippen MR) is 159 cm³/mol. The van der Waals surface area contributed by atoms with Crippen LogP contribution >= 0.6 is 0 Å². The van der Waals surface area contributed by atoms with E-state index in [1.54, 1.807) is 19.2 Å². The molecular formula is C32H37FN6O2. The number of aromatic nitrogens is 3. The lowest BCUT2D eigenvalue weighted by Crippen LogP contribution is -2.51. The Kier molecular flexibility index (Phi) is 6.87. The van der Waals surface area contributed by atoms with Gasteiger partial charge in [0.15, 0.2) is 5.82 Å². The quantitative estimate of drug-likeness (QED) is 0.365. The van der Waals surface area contributed by atoms with E-state index in [9.17, 15) is 9.50 Å². The summed E-state index contributed by atoms with van der Waals surface area (Å²) in [5, 5.41) is 16.1. The Morgan fingerprint density at radius 3 is 2.66 bits per heavy atom. The standard InChI is InChI=1S/C25H25N5O2.C7H12FN/c1-14-4-3-5-15-8-19(31)10-20(22(14)15)16-9-21-23(26-11-16)24(29-25(28-21)32-2)30-12-17-6-7-18(13-30)27-17;8-6-4-7-2-1-3-9(7)5-6/h3-5,8-11,17-18,27,31H,6-7,12-13H2,1-2H3;6-7H,1-5H2. The number of ether oxygens (including phenoxy) is 1. The SMILES string of the molecule is COc1nc(N2CC3CCC(C2)N3)c2ncc(-c3cc(O)cc4cccc(C)c34)cc2n1.FC1CC2CCCN2C1. The molecule has 0 saturated carbocycles. The third-order valence-corrected chi connectivity index (χ3v) is 9.14. The van der Waals surface area contributed by atoms with Crippen LogP contribution in [0.15, 0.2) is 42.6 Å². The average molecular weight is 557 g/mol. The van der Waals surface area contributed by atoms with Gasteiger partial charge in [0.2, 0.25) is 0 Å². The van der Waals surface area contributed by atoms with Crippen molar-refractivity contribution in [1.29, 1.82) is 0 Å². The second-order valence-corrected chi connectivity index (χ2v) is 12.0. The molecule has 0 spiro atoms. The maximum atomic E-state index is 12.6. The summed E-state index contributed by atoms with van der Waals surface area (Å²) in [6.45, 7) is 5.76. The van der Waals surface area contributed by atoms with Gasteiger partial charge in [0.05, 0.1) is 12.6 Å². The maximum Gasteiger partial charge on any atom is 0.318 e. The van der Waals surface area contributed by atoms with Crippen molar-refractivity contribution in [2.75, 3.05) is 38.2 Å². The Morgan fingerprint density at radius 1 is 1.05 bits per heavy atom. The summed E-state index contributed by atoms with van der Waals surface area (Å²) in [5.41, 5.74) is 4.50. The summed E-state index contributed by atoms with van der Waals surface area (Å²) in [6.07, 6.45) is 7.07. The molecule has 2 N–H and O–H groups in total. The Balaban J connectivity index is 0.000000260. The largest absolute Gasteiger partial charge is 0.508 e. The molecule has 0 aliphatic carbocycles. The molecule has 4 fully saturated rings. The summed E-state index contributed by atoms with van der Waals surface area (Å²) in [4.78, 5) is 18.7. The van der Waals surface area contributed by atoms with Gasteiger partial charge in [-0.05, 0) is 85.7 Å². The van der Waals surface area contributed by atoms with Gasteiger partial charge in [-0.15, -0.1) is 0 Å². The highest BCUT2D eigenvalue weighted by atomic mass is 19.1. The zero-order valence-corrected chi connectivity index (χ0v) is 23.7. The Morgan fingerprint density at radius 2 is 1.88 bits per heavy atom. The molecule has 41 heavy (non-hydrogen) atoms. The number of pyridine rings is 1. The first-order valence-electron chi connectivity index (χ1n) is 14.8. The summed E-state index contributed by atoms with van der Waals surface area (Å²) >= 11 is 0. The summed E-state index contributed by atoms with van der Waals surface area (Å²) in [7, 11) is 1.59. The summed E-state index contributed by atoms with van der Waals surface area (Å²) < 4.78 is 18.0. The molecule has 4 saturated heterocycles. The van der Waals surface area contributed by atoms with Gasteiger partial charge in [0.1, 0.15) is 17.4 Å². The number of methoxy groups -OCH3 is 1. The van der Waals surface area contributed by atoms with Crippen LogP contribution in [0.4, 0.5) is 10.2 Å². The van der Waals surface area contributed by atoms with Crippen molar-refractivity contribution in [2.24, 2.45) is 0 Å². The fourth-order valence-electron chi connectivity index (χ4n) is 7.27. The van der Waals surface area contributed by atoms with Crippen LogP contribution in [-0.2, 0) is 0 Å². The van der Waals surface area contributed by atoms with Gasteiger partial charge in [-0.25, -0.2) is 4.39 Å². The molecule has 0 amide bonds. The number of benzene rings is 2. The number of aryl methyl sites for hydroxylation is 1. The lowest BCUT2D eigenvalue weighted by molar-refractivity contribution is 0.292. The minimum Gasteiger partial charge on any atom is -0.508 e. The van der Waals surface area contributed by atoms with Crippen LogP contribution in [0.1, 0.15) is 37.7 Å². The molecule has 4 unspecified atom stereocenters. The first-order chi connectivity index (χ1) is 19.9. The molecule has 4 aliphatic rings. The molecule has 214 valence electrons. The third kappa shape index (κ3) is 5.06. The molecule has 9 heteroatoms. The fraction of sp³-hybridized carbons (Fsp3) is 0.469. The van der Waals surface area contributed by atoms with Gasteiger partial charge in [-0.2, -0.15) is 9.97 Å². The van der Waals surface area contributed by atoms with E-state index in [-0.39, 0.29) is 5.75 Å². The minimum absolute atomic E-state index is 0.232. The van der Waals surface area contributed by atoms with Crippen molar-refractivity contribution >= 4 is 27.6 Å². The highest BCUT2D eigenvalue weighted by Crippen LogP contribution is 2.37. The van der Waals surface area contributed by atoms with Crippen molar-refractivity contribution in [3.05, 3.63) is 48.2 Å². The van der Waals surface area contributed by atoms with Gasteiger partial charge in [-0.3, -0.25) is 9.88 Å². The Labute approximate surface area is 239 Å². The molecule has 8 rings (SSSR count). The normalized spacial score (nSPS) is 25.4. The number of aromatic hydroxyl groups is 1. The molecule has 8 nitrogen and oxygen atoms in total. The zero-order chi connectivity index (χ0) is 28.1. The highest BCUT2D eigenvalue weighted by molar-refractivity contribution is 6.01. The van der Waals surface area contributed by atoms with Crippen molar-refractivity contribution in [1.82, 2.24) is 25.2 Å². The molecule has 4 aromatic rings. The van der Waals surface area contributed by atoms with E-state index in [1.165, 1.54) is 25.7 Å². The Hall–Kier alpha value is -3.56. The predicted octanol–water partition coefficient (Wildman–Crippen LogP) is 5.00. The number of piperazine rings is 1. The van der Waals surface area contributed by atoms with Crippen LogP contribution in [0.3, 0.4) is 0 Å². The van der Waals surface area contributed by atoms with E-state index in [1.807, 2.05) is 24.4 Å². The van der Waals surface area contributed by atoms with Crippen molar-refractivity contribution in [2.45, 2.75) is 63.3 Å².